The van der Waals surface area contributed by atoms with E-state index in [0.717, 1.165) is 6.26 Å². The molecule has 1 aromatic heterocycles. The van der Waals surface area contributed by atoms with Crippen molar-refractivity contribution in [2.75, 3.05) is 18.5 Å². The number of hydrogen-bond donors (Lipinski definition) is 2. The molecule has 3 N–H and O–H groups in total. The summed E-state index contributed by atoms with van der Waals surface area (Å²) in [6, 6.07) is 0.0526. The van der Waals surface area contributed by atoms with Crippen LogP contribution in [0.25, 0.3) is 0 Å². The average Bonchev–Trinajstić information content (AvgIpc) is 2.63. The number of anilines is 1. The topological polar surface area (TPSA) is 107 Å². The van der Waals surface area contributed by atoms with E-state index < -0.39 is 11.9 Å². The van der Waals surface area contributed by atoms with Crippen LogP contribution in [0.2, 0.25) is 0 Å². The first-order valence-corrected chi connectivity index (χ1v) is 4.28. The quantitative estimate of drug-likeness (QED) is 0.653. The van der Waals surface area contributed by atoms with Crippen LogP contribution in [0.4, 0.5) is 6.01 Å². The number of aromatic nitrogens is 1. The Morgan fingerprint density at radius 2 is 2.40 bits per heavy atom. The van der Waals surface area contributed by atoms with Crippen LogP contribution in [0.1, 0.15) is 17.4 Å². The maximum atomic E-state index is 11.1. The van der Waals surface area contributed by atoms with Gasteiger partial charge in [-0.2, -0.15) is 4.98 Å². The van der Waals surface area contributed by atoms with Crippen molar-refractivity contribution in [1.82, 2.24) is 4.98 Å². The van der Waals surface area contributed by atoms with E-state index in [1.54, 1.807) is 6.92 Å². The predicted molar refractivity (Wildman–Crippen MR) is 50.1 cm³/mol. The second kappa shape index (κ2) is 4.99. The van der Waals surface area contributed by atoms with Gasteiger partial charge in [-0.3, -0.25) is 4.79 Å². The van der Waals surface area contributed by atoms with Crippen LogP contribution in [0.5, 0.6) is 0 Å². The molecule has 0 saturated heterocycles. The number of primary amides is 1. The van der Waals surface area contributed by atoms with E-state index in [-0.39, 0.29) is 24.9 Å². The molecule has 0 spiro atoms. The van der Waals surface area contributed by atoms with Crippen molar-refractivity contribution < 1.29 is 18.7 Å². The lowest BCUT2D eigenvalue weighted by atomic mass is 10.5. The molecule has 1 amide bonds. The summed E-state index contributed by atoms with van der Waals surface area (Å²) in [5, 5.41) is 2.50. The van der Waals surface area contributed by atoms with Crippen molar-refractivity contribution in [1.29, 1.82) is 0 Å². The van der Waals surface area contributed by atoms with E-state index in [2.05, 4.69) is 15.0 Å². The Balaban J connectivity index is 2.56. The first kappa shape index (κ1) is 11.0. The summed E-state index contributed by atoms with van der Waals surface area (Å²) in [5.74, 6) is -1.13. The summed E-state index contributed by atoms with van der Waals surface area (Å²) in [6.07, 6.45) is 1.14. The summed E-state index contributed by atoms with van der Waals surface area (Å²) in [5.41, 5.74) is 4.94. The molecule has 1 aromatic rings. The highest BCUT2D eigenvalue weighted by Crippen LogP contribution is 2.07. The maximum absolute atomic E-state index is 11.1. The normalized spacial score (nSPS) is 9.67. The van der Waals surface area contributed by atoms with Crippen LogP contribution in [-0.2, 0) is 9.53 Å². The third-order valence-electron chi connectivity index (χ3n) is 1.40. The number of hydrogen-bond acceptors (Lipinski definition) is 6. The van der Waals surface area contributed by atoms with Crippen LogP contribution in [0, 0.1) is 0 Å². The standard InChI is InChI=1S/C8H11N3O4/c1-2-14-7(13)5-4-15-8(11-5)10-3-6(9)12/h4H,2-3H2,1H3,(H2,9,12)(H,10,11). The van der Waals surface area contributed by atoms with Gasteiger partial charge in [0.15, 0.2) is 5.69 Å². The minimum Gasteiger partial charge on any atom is -0.461 e. The van der Waals surface area contributed by atoms with Gasteiger partial charge in [0.25, 0.3) is 6.01 Å². The van der Waals surface area contributed by atoms with Gasteiger partial charge in [-0.1, -0.05) is 0 Å². The van der Waals surface area contributed by atoms with E-state index in [4.69, 9.17) is 10.2 Å². The number of amides is 1. The zero-order valence-corrected chi connectivity index (χ0v) is 8.15. The van der Waals surface area contributed by atoms with Gasteiger partial charge in [-0.15, -0.1) is 0 Å². The minimum absolute atomic E-state index is 0.0452. The number of carbonyl (C=O) groups is 2. The number of oxazole rings is 1. The molecule has 0 aliphatic carbocycles. The minimum atomic E-state index is -0.576. The van der Waals surface area contributed by atoms with Gasteiger partial charge in [-0.25, -0.2) is 4.79 Å². The molecule has 0 aromatic carbocycles. The van der Waals surface area contributed by atoms with E-state index in [1.807, 2.05) is 0 Å². The fraction of sp³-hybridized carbons (Fsp3) is 0.375. The van der Waals surface area contributed by atoms with Crippen molar-refractivity contribution in [3.8, 4) is 0 Å². The fourth-order valence-electron chi connectivity index (χ4n) is 0.816. The van der Waals surface area contributed by atoms with E-state index in [0.29, 0.717) is 0 Å². The second-order valence-electron chi connectivity index (χ2n) is 2.58. The maximum Gasteiger partial charge on any atom is 0.360 e. The van der Waals surface area contributed by atoms with Gasteiger partial charge in [0.05, 0.1) is 13.2 Å². The molecule has 1 heterocycles. The molecule has 0 fully saturated rings. The van der Waals surface area contributed by atoms with E-state index >= 15 is 0 Å². The van der Waals surface area contributed by atoms with Crippen LogP contribution in [-0.4, -0.2) is 30.0 Å². The number of esters is 1. The first-order valence-electron chi connectivity index (χ1n) is 4.28. The summed E-state index contributed by atoms with van der Waals surface area (Å²) in [6.45, 7) is 1.84. The monoisotopic (exact) mass is 213 g/mol. The predicted octanol–water partition coefficient (Wildman–Crippen LogP) is -0.252. The summed E-state index contributed by atoms with van der Waals surface area (Å²) >= 11 is 0. The van der Waals surface area contributed by atoms with E-state index in [9.17, 15) is 9.59 Å². The molecule has 0 saturated carbocycles. The van der Waals surface area contributed by atoms with Gasteiger partial charge >= 0.3 is 5.97 Å². The fourth-order valence-corrected chi connectivity index (χ4v) is 0.816. The third-order valence-corrected chi connectivity index (χ3v) is 1.40. The van der Waals surface area contributed by atoms with Crippen molar-refractivity contribution in [3.63, 3.8) is 0 Å². The molecule has 0 bridgehead atoms. The van der Waals surface area contributed by atoms with Gasteiger partial charge in [0.1, 0.15) is 6.26 Å². The van der Waals surface area contributed by atoms with Crippen molar-refractivity contribution in [3.05, 3.63) is 12.0 Å². The van der Waals surface area contributed by atoms with Crippen LogP contribution in [0.3, 0.4) is 0 Å². The molecule has 7 heteroatoms. The Kier molecular flexibility index (Phi) is 3.67. The Morgan fingerprint density at radius 1 is 1.67 bits per heavy atom. The van der Waals surface area contributed by atoms with Crippen molar-refractivity contribution in [2.45, 2.75) is 6.92 Å². The van der Waals surface area contributed by atoms with Gasteiger partial charge in [0.2, 0.25) is 5.91 Å². The highest BCUT2D eigenvalue weighted by molar-refractivity contribution is 5.87. The van der Waals surface area contributed by atoms with E-state index in [1.165, 1.54) is 0 Å². The summed E-state index contributed by atoms with van der Waals surface area (Å²) < 4.78 is 9.54. The van der Waals surface area contributed by atoms with Gasteiger partial charge in [-0.05, 0) is 6.92 Å². The molecule has 0 unspecified atom stereocenters. The molecule has 0 radical (unpaired) electrons. The Hall–Kier alpha value is -2.05. The Labute approximate surface area is 85.6 Å². The van der Waals surface area contributed by atoms with Crippen LogP contribution < -0.4 is 11.1 Å². The molecule has 82 valence electrons. The number of nitrogens with two attached hydrogens (primary N) is 1. The number of nitrogens with one attached hydrogen (secondary N) is 1. The molecular formula is C8H11N3O4. The molecule has 0 atom stereocenters. The number of nitrogens with zero attached hydrogens (tertiary/aromatic N) is 1. The lowest BCUT2D eigenvalue weighted by Gasteiger charge is -1.96. The Bertz CT molecular complexity index is 361. The lowest BCUT2D eigenvalue weighted by molar-refractivity contribution is -0.116. The van der Waals surface area contributed by atoms with Crippen LogP contribution in [0.15, 0.2) is 10.7 Å². The first-order chi connectivity index (χ1) is 7.13. The number of ether oxygens (including phenoxy) is 1. The highest BCUT2D eigenvalue weighted by Gasteiger charge is 2.12. The molecule has 0 aliphatic rings. The third kappa shape index (κ3) is 3.29. The van der Waals surface area contributed by atoms with Crippen molar-refractivity contribution in [2.24, 2.45) is 5.73 Å². The van der Waals surface area contributed by atoms with Gasteiger partial charge < -0.3 is 20.2 Å². The number of carbonyl (C=O) groups excluding carboxylic acids is 2. The smallest absolute Gasteiger partial charge is 0.360 e. The highest BCUT2D eigenvalue weighted by atomic mass is 16.5. The molecule has 15 heavy (non-hydrogen) atoms. The summed E-state index contributed by atoms with van der Waals surface area (Å²) in [7, 11) is 0. The van der Waals surface area contributed by atoms with Crippen molar-refractivity contribution >= 4 is 17.9 Å². The summed E-state index contributed by atoms with van der Waals surface area (Å²) in [4.78, 5) is 25.3. The average molecular weight is 213 g/mol. The molecule has 0 aliphatic heterocycles. The number of rotatable bonds is 5. The molecule has 7 nitrogen and oxygen atoms in total. The second-order valence-corrected chi connectivity index (χ2v) is 2.58. The SMILES string of the molecule is CCOC(=O)c1coc(NCC(N)=O)n1. The zero-order valence-electron chi connectivity index (χ0n) is 8.15. The zero-order chi connectivity index (χ0) is 11.3. The van der Waals surface area contributed by atoms with Crippen LogP contribution >= 0.6 is 0 Å². The van der Waals surface area contributed by atoms with Gasteiger partial charge in [0, 0.05) is 0 Å². The molecule has 1 rings (SSSR count). The Morgan fingerprint density at radius 3 is 3.00 bits per heavy atom. The lowest BCUT2D eigenvalue weighted by Crippen LogP contribution is -2.21. The largest absolute Gasteiger partial charge is 0.461 e. The molecular weight excluding hydrogens is 202 g/mol.